The van der Waals surface area contributed by atoms with E-state index < -0.39 is 0 Å². The van der Waals surface area contributed by atoms with Crippen molar-refractivity contribution >= 4 is 17.3 Å². The third kappa shape index (κ3) is 2.91. The molecule has 2 aliphatic rings. The van der Waals surface area contributed by atoms with Gasteiger partial charge in [0.2, 0.25) is 0 Å². The highest BCUT2D eigenvalue weighted by Gasteiger charge is 2.24. The number of allylic oxidation sites excluding steroid dienone is 1. The van der Waals surface area contributed by atoms with Crippen molar-refractivity contribution in [1.82, 2.24) is 9.80 Å². The maximum absolute atomic E-state index is 14.0. The Kier molecular flexibility index (Phi) is 4.32. The average Bonchev–Trinajstić information content (AvgIpc) is 2.78. The zero-order chi connectivity index (χ0) is 18.1. The van der Waals surface area contributed by atoms with E-state index in [9.17, 15) is 9.65 Å². The summed E-state index contributed by atoms with van der Waals surface area (Å²) in [5, 5.41) is 9.33. The lowest BCUT2D eigenvalue weighted by Crippen LogP contribution is -2.43. The van der Waals surface area contributed by atoms with Crippen LogP contribution >= 0.6 is 0 Å². The van der Waals surface area contributed by atoms with E-state index in [0.717, 1.165) is 59.7 Å². The summed E-state index contributed by atoms with van der Waals surface area (Å²) in [7, 11) is 2.13. The number of piperazine rings is 1. The van der Waals surface area contributed by atoms with Gasteiger partial charge in [-0.3, -0.25) is 0 Å². The van der Waals surface area contributed by atoms with Crippen LogP contribution < -0.4 is 0 Å². The van der Waals surface area contributed by atoms with Gasteiger partial charge in [-0.2, -0.15) is 5.26 Å². The number of rotatable bonds is 1. The van der Waals surface area contributed by atoms with Gasteiger partial charge in [0.15, 0.2) is 0 Å². The highest BCUT2D eigenvalue weighted by molar-refractivity contribution is 5.98. The van der Waals surface area contributed by atoms with Crippen LogP contribution in [-0.2, 0) is 0 Å². The molecule has 130 valence electrons. The molecule has 4 heteroatoms. The second kappa shape index (κ2) is 6.78. The molecule has 1 saturated heterocycles. The van der Waals surface area contributed by atoms with Gasteiger partial charge in [0.25, 0.3) is 0 Å². The standard InChI is InChI=1S/C22H20FN3/c1-25-10-12-26(13-11-25)22-15-16-14-17(23)6-7-18(16)20(8-9-24)19-4-2-3-5-21(19)22/h2-8,14-15H,10-13H2,1H3/b20-8-. The lowest BCUT2D eigenvalue weighted by Gasteiger charge is -2.36. The van der Waals surface area contributed by atoms with Crippen LogP contribution in [0, 0.1) is 17.1 Å². The first-order valence-corrected chi connectivity index (χ1v) is 8.82. The molecule has 3 nitrogen and oxygen atoms in total. The summed E-state index contributed by atoms with van der Waals surface area (Å²) in [5.41, 5.74) is 5.77. The lowest BCUT2D eigenvalue weighted by molar-refractivity contribution is 0.208. The third-order valence-electron chi connectivity index (χ3n) is 5.14. The molecular weight excluding hydrogens is 325 g/mol. The summed E-state index contributed by atoms with van der Waals surface area (Å²) in [4.78, 5) is 4.68. The zero-order valence-electron chi connectivity index (χ0n) is 14.7. The molecule has 0 amide bonds. The normalized spacial score (nSPS) is 18.6. The Morgan fingerprint density at radius 1 is 1.00 bits per heavy atom. The fraction of sp³-hybridized carbons (Fsp3) is 0.227. The van der Waals surface area contributed by atoms with Crippen molar-refractivity contribution in [2.75, 3.05) is 33.2 Å². The minimum atomic E-state index is -0.264. The van der Waals surface area contributed by atoms with Crippen molar-refractivity contribution in [3.8, 4) is 6.07 Å². The van der Waals surface area contributed by atoms with Crippen molar-refractivity contribution in [2.24, 2.45) is 0 Å². The third-order valence-corrected chi connectivity index (χ3v) is 5.14. The van der Waals surface area contributed by atoms with Crippen LogP contribution in [0.25, 0.3) is 17.3 Å². The van der Waals surface area contributed by atoms with Gasteiger partial charge in [-0.25, -0.2) is 4.39 Å². The quantitative estimate of drug-likeness (QED) is 0.736. The van der Waals surface area contributed by atoms with E-state index in [1.165, 1.54) is 6.07 Å². The van der Waals surface area contributed by atoms with Crippen molar-refractivity contribution in [3.63, 3.8) is 0 Å². The largest absolute Gasteiger partial charge is 0.368 e. The SMILES string of the molecule is CN1CCN(C2=Cc3cc(F)ccc3/C(=C/C#N)c3ccccc32)CC1. The summed E-state index contributed by atoms with van der Waals surface area (Å²) in [6.07, 6.45) is 3.64. The molecule has 0 aromatic heterocycles. The molecule has 2 aromatic carbocycles. The van der Waals surface area contributed by atoms with Gasteiger partial charge < -0.3 is 9.80 Å². The van der Waals surface area contributed by atoms with Crippen LogP contribution in [0.4, 0.5) is 4.39 Å². The van der Waals surface area contributed by atoms with Crippen molar-refractivity contribution in [2.45, 2.75) is 0 Å². The smallest absolute Gasteiger partial charge is 0.123 e. The van der Waals surface area contributed by atoms with Crippen molar-refractivity contribution < 1.29 is 4.39 Å². The molecule has 1 aliphatic heterocycles. The number of nitrogens with zero attached hydrogens (tertiary/aromatic N) is 3. The fourth-order valence-electron chi connectivity index (χ4n) is 3.74. The van der Waals surface area contributed by atoms with Gasteiger partial charge in [-0.05, 0) is 41.9 Å². The van der Waals surface area contributed by atoms with Gasteiger partial charge >= 0.3 is 0 Å². The summed E-state index contributed by atoms with van der Waals surface area (Å²) in [6.45, 7) is 3.85. The van der Waals surface area contributed by atoms with Crippen LogP contribution in [0.15, 0.2) is 48.5 Å². The monoisotopic (exact) mass is 345 g/mol. The number of hydrogen-bond acceptors (Lipinski definition) is 3. The molecule has 1 aliphatic carbocycles. The molecule has 0 bridgehead atoms. The minimum Gasteiger partial charge on any atom is -0.368 e. The first kappa shape index (κ1) is 16.6. The van der Waals surface area contributed by atoms with Crippen LogP contribution in [-0.4, -0.2) is 43.0 Å². The molecule has 0 radical (unpaired) electrons. The van der Waals surface area contributed by atoms with E-state index in [4.69, 9.17) is 0 Å². The summed E-state index contributed by atoms with van der Waals surface area (Å²) < 4.78 is 14.0. The van der Waals surface area contributed by atoms with Gasteiger partial charge in [-0.15, -0.1) is 0 Å². The highest BCUT2D eigenvalue weighted by atomic mass is 19.1. The second-order valence-corrected chi connectivity index (χ2v) is 6.78. The Hall–Kier alpha value is -2.90. The molecule has 0 N–H and O–H groups in total. The molecular formula is C22H20FN3. The minimum absolute atomic E-state index is 0.264. The topological polar surface area (TPSA) is 30.3 Å². The molecule has 0 saturated carbocycles. The number of benzene rings is 2. The van der Waals surface area contributed by atoms with E-state index in [1.54, 1.807) is 18.2 Å². The molecule has 0 unspecified atom stereocenters. The van der Waals surface area contributed by atoms with Gasteiger partial charge in [0.05, 0.1) is 6.07 Å². The second-order valence-electron chi connectivity index (χ2n) is 6.78. The predicted octanol–water partition coefficient (Wildman–Crippen LogP) is 3.84. The first-order chi connectivity index (χ1) is 12.7. The number of fused-ring (bicyclic) bond motifs is 2. The summed E-state index contributed by atoms with van der Waals surface area (Å²) in [5.74, 6) is -0.264. The summed E-state index contributed by atoms with van der Waals surface area (Å²) >= 11 is 0. The van der Waals surface area contributed by atoms with Gasteiger partial charge in [0, 0.05) is 49.1 Å². The maximum atomic E-state index is 14.0. The fourth-order valence-corrected chi connectivity index (χ4v) is 3.74. The first-order valence-electron chi connectivity index (χ1n) is 8.82. The Morgan fingerprint density at radius 3 is 2.46 bits per heavy atom. The van der Waals surface area contributed by atoms with Crippen LogP contribution in [0.2, 0.25) is 0 Å². The summed E-state index contributed by atoms with van der Waals surface area (Å²) in [6, 6.07) is 15.1. The molecule has 2 aromatic rings. The molecule has 26 heavy (non-hydrogen) atoms. The number of nitriles is 1. The van der Waals surface area contributed by atoms with E-state index in [-0.39, 0.29) is 5.82 Å². The van der Waals surface area contributed by atoms with Crippen LogP contribution in [0.3, 0.4) is 0 Å². The number of likely N-dealkylation sites (N-methyl/N-ethyl adjacent to an activating group) is 1. The van der Waals surface area contributed by atoms with Crippen molar-refractivity contribution in [3.05, 3.63) is 76.6 Å². The van der Waals surface area contributed by atoms with Crippen molar-refractivity contribution in [1.29, 1.82) is 5.26 Å². The van der Waals surface area contributed by atoms with E-state index in [0.29, 0.717) is 0 Å². The number of hydrogen-bond donors (Lipinski definition) is 0. The Morgan fingerprint density at radius 2 is 1.73 bits per heavy atom. The Balaban J connectivity index is 1.94. The Labute approximate surface area is 153 Å². The van der Waals surface area contributed by atoms with Gasteiger partial charge in [0.1, 0.15) is 5.82 Å². The zero-order valence-corrected chi connectivity index (χ0v) is 14.7. The van der Waals surface area contributed by atoms with Gasteiger partial charge in [-0.1, -0.05) is 30.3 Å². The molecule has 1 heterocycles. The molecule has 4 rings (SSSR count). The Bertz CT molecular complexity index is 944. The molecule has 1 fully saturated rings. The highest BCUT2D eigenvalue weighted by Crippen LogP contribution is 2.38. The van der Waals surface area contributed by atoms with Crippen LogP contribution in [0.1, 0.15) is 22.3 Å². The predicted molar refractivity (Wildman–Crippen MR) is 102 cm³/mol. The number of halogens is 1. The van der Waals surface area contributed by atoms with Crippen LogP contribution in [0.5, 0.6) is 0 Å². The molecule has 0 atom stereocenters. The lowest BCUT2D eigenvalue weighted by atomic mass is 9.93. The maximum Gasteiger partial charge on any atom is 0.123 e. The van der Waals surface area contributed by atoms with E-state index >= 15 is 0 Å². The average molecular weight is 345 g/mol. The van der Waals surface area contributed by atoms with E-state index in [2.05, 4.69) is 35.1 Å². The van der Waals surface area contributed by atoms with E-state index in [1.807, 2.05) is 18.2 Å². The molecule has 0 spiro atoms.